The van der Waals surface area contributed by atoms with Crippen LogP contribution < -0.4 is 21.2 Å². The summed E-state index contributed by atoms with van der Waals surface area (Å²) in [7, 11) is -2.89. The lowest BCUT2D eigenvalue weighted by atomic mass is 9.93. The minimum Gasteiger partial charge on any atom is -0.354 e. The van der Waals surface area contributed by atoms with Gasteiger partial charge in [0.25, 0.3) is 0 Å². The van der Waals surface area contributed by atoms with Gasteiger partial charge in [0, 0.05) is 23.7 Å². The van der Waals surface area contributed by atoms with Gasteiger partial charge in [0.15, 0.2) is 0 Å². The molecule has 0 aliphatic carbocycles. The molecule has 0 saturated heterocycles. The van der Waals surface area contributed by atoms with Crippen molar-refractivity contribution in [1.29, 1.82) is 0 Å². The molecule has 5 aromatic carbocycles. The van der Waals surface area contributed by atoms with Crippen molar-refractivity contribution in [1.82, 2.24) is 0 Å². The van der Waals surface area contributed by atoms with Gasteiger partial charge in [-0.2, -0.15) is 0 Å². The molecular weight excluding hydrogens is 618 g/mol. The van der Waals surface area contributed by atoms with Crippen LogP contribution in [0.1, 0.15) is 83.9 Å². The van der Waals surface area contributed by atoms with E-state index in [0.29, 0.717) is 23.2 Å². The van der Waals surface area contributed by atoms with Gasteiger partial charge in [-0.15, -0.1) is 0 Å². The molecule has 0 aliphatic heterocycles. The van der Waals surface area contributed by atoms with Crippen LogP contribution in [0.4, 0.5) is 11.4 Å². The highest BCUT2D eigenvalue weighted by atomic mass is 31.2. The third-order valence-electron chi connectivity index (χ3n) is 9.13. The van der Waals surface area contributed by atoms with E-state index in [1.54, 1.807) is 0 Å². The van der Waals surface area contributed by atoms with Crippen LogP contribution in [0.25, 0.3) is 5.70 Å². The molecule has 0 spiro atoms. The van der Waals surface area contributed by atoms with Crippen LogP contribution in [0.3, 0.4) is 0 Å². The van der Waals surface area contributed by atoms with E-state index in [1.807, 2.05) is 0 Å². The monoisotopic (exact) mass is 670 g/mol. The molecule has 5 aromatic rings. The molecule has 0 saturated carbocycles. The fourth-order valence-corrected chi connectivity index (χ4v) is 12.4. The van der Waals surface area contributed by atoms with Crippen molar-refractivity contribution >= 4 is 48.0 Å². The van der Waals surface area contributed by atoms with Crippen LogP contribution in [0.2, 0.25) is 0 Å². The maximum absolute atomic E-state index is 5.99. The van der Waals surface area contributed by atoms with Gasteiger partial charge in [-0.25, -0.2) is 0 Å². The highest BCUT2D eigenvalue weighted by molar-refractivity contribution is 7.80. The SMILES string of the molecule is CC(C)c1cccc(C(C)C)c1N=P(/C=C(\Nc1ccccc1P(c1ccccc1)c1ccccc1)c1ccccc1)(C(C)C)C(C)C. The number of rotatable bonds is 12. The zero-order chi connectivity index (χ0) is 34.3. The first-order valence-electron chi connectivity index (χ1n) is 17.4. The number of nitrogens with one attached hydrogen (secondary N) is 1. The number of benzene rings is 5. The topological polar surface area (TPSA) is 24.4 Å². The molecule has 248 valence electrons. The van der Waals surface area contributed by atoms with E-state index in [0.717, 1.165) is 11.4 Å². The van der Waals surface area contributed by atoms with Crippen molar-refractivity contribution in [2.24, 2.45) is 4.74 Å². The van der Waals surface area contributed by atoms with Crippen molar-refractivity contribution < 1.29 is 0 Å². The lowest BCUT2D eigenvalue weighted by Crippen LogP contribution is -2.23. The molecule has 2 nitrogen and oxygen atoms in total. The molecule has 0 heterocycles. The normalized spacial score (nSPS) is 12.4. The van der Waals surface area contributed by atoms with Gasteiger partial charge in [-0.3, -0.25) is 4.74 Å². The molecule has 0 aliphatic rings. The summed E-state index contributed by atoms with van der Waals surface area (Å²) in [5.74, 6) is 3.34. The summed E-state index contributed by atoms with van der Waals surface area (Å²) in [5.41, 5.74) is 8.07. The molecule has 0 bridgehead atoms. The summed E-state index contributed by atoms with van der Waals surface area (Å²) in [6, 6.07) is 48.5. The Kier molecular flexibility index (Phi) is 12.0. The summed E-state index contributed by atoms with van der Waals surface area (Å²) in [4.78, 5) is 0. The Bertz CT molecular complexity index is 1780. The van der Waals surface area contributed by atoms with Gasteiger partial charge in [-0.05, 0) is 70.3 Å². The molecule has 0 amide bonds. The minimum atomic E-state index is -2.10. The average Bonchev–Trinajstić information content (AvgIpc) is 3.09. The number of nitrogens with zero attached hydrogens (tertiary/aromatic N) is 1. The highest BCUT2D eigenvalue weighted by Crippen LogP contribution is 2.63. The first-order chi connectivity index (χ1) is 23.1. The second-order valence-electron chi connectivity index (χ2n) is 13.7. The molecule has 48 heavy (non-hydrogen) atoms. The lowest BCUT2D eigenvalue weighted by Gasteiger charge is -2.33. The number of hydrogen-bond donors (Lipinski definition) is 1. The standard InChI is InChI=1S/C44H52N2P2/c1-32(2)39-27-20-28-40(33(3)4)44(39)46-48(34(5)6,35(7)8)31-42(36-21-12-9-13-22-36)45-41-29-18-19-30-43(41)47(37-23-14-10-15-24-37)38-25-16-11-17-26-38/h9-35,45H,1-8H3/b42-31-. The Hall–Kier alpha value is -3.70. The lowest BCUT2D eigenvalue weighted by molar-refractivity contribution is 0.834. The maximum Gasteiger partial charge on any atom is 0.0686 e. The Morgan fingerprint density at radius 2 is 1.02 bits per heavy atom. The van der Waals surface area contributed by atoms with E-state index < -0.39 is 15.0 Å². The van der Waals surface area contributed by atoms with Crippen LogP contribution >= 0.6 is 15.0 Å². The third-order valence-corrected chi connectivity index (χ3v) is 16.2. The van der Waals surface area contributed by atoms with Gasteiger partial charge in [0.05, 0.1) is 5.69 Å². The Morgan fingerprint density at radius 3 is 1.50 bits per heavy atom. The quantitative estimate of drug-likeness (QED) is 0.131. The molecule has 0 unspecified atom stereocenters. The molecule has 0 atom stereocenters. The van der Waals surface area contributed by atoms with Gasteiger partial charge >= 0.3 is 0 Å². The molecule has 5 rings (SSSR count). The van der Waals surface area contributed by atoms with Gasteiger partial charge in [-0.1, -0.05) is 183 Å². The molecule has 0 aromatic heterocycles. The summed E-state index contributed by atoms with van der Waals surface area (Å²) in [6.07, 6.45) is 0. The van der Waals surface area contributed by atoms with Crippen LogP contribution in [0.5, 0.6) is 0 Å². The maximum atomic E-state index is 5.99. The Balaban J connectivity index is 1.77. The largest absolute Gasteiger partial charge is 0.354 e. The smallest absolute Gasteiger partial charge is 0.0686 e. The van der Waals surface area contributed by atoms with Crippen LogP contribution in [-0.4, -0.2) is 11.3 Å². The summed E-state index contributed by atoms with van der Waals surface area (Å²) < 4.78 is 5.99. The first-order valence-corrected chi connectivity index (χ1v) is 20.7. The molecule has 0 radical (unpaired) electrons. The number of anilines is 1. The van der Waals surface area contributed by atoms with E-state index in [9.17, 15) is 0 Å². The van der Waals surface area contributed by atoms with E-state index in [1.165, 1.54) is 38.3 Å². The molecule has 1 N–H and O–H groups in total. The predicted molar refractivity (Wildman–Crippen MR) is 217 cm³/mol. The minimum absolute atomic E-state index is 0.360. The van der Waals surface area contributed by atoms with Crippen molar-refractivity contribution in [3.8, 4) is 0 Å². The number of hydrogen-bond acceptors (Lipinski definition) is 2. The van der Waals surface area contributed by atoms with E-state index in [-0.39, 0.29) is 0 Å². The van der Waals surface area contributed by atoms with E-state index in [2.05, 4.69) is 200 Å². The summed E-state index contributed by atoms with van der Waals surface area (Å²) in [6.45, 7) is 18.7. The summed E-state index contributed by atoms with van der Waals surface area (Å²) >= 11 is 0. The first kappa shape index (κ1) is 35.6. The highest BCUT2D eigenvalue weighted by Gasteiger charge is 2.29. The predicted octanol–water partition coefficient (Wildman–Crippen LogP) is 12.5. The van der Waals surface area contributed by atoms with Crippen molar-refractivity contribution in [3.63, 3.8) is 0 Å². The fourth-order valence-electron chi connectivity index (χ4n) is 6.46. The van der Waals surface area contributed by atoms with Crippen molar-refractivity contribution in [3.05, 3.63) is 156 Å². The van der Waals surface area contributed by atoms with Crippen LogP contribution in [0.15, 0.2) is 144 Å². The van der Waals surface area contributed by atoms with Gasteiger partial charge < -0.3 is 5.32 Å². The summed E-state index contributed by atoms with van der Waals surface area (Å²) in [5, 5.41) is 8.05. The zero-order valence-corrected chi connectivity index (χ0v) is 31.7. The van der Waals surface area contributed by atoms with Crippen LogP contribution in [-0.2, 0) is 0 Å². The second-order valence-corrected chi connectivity index (χ2v) is 20.0. The van der Waals surface area contributed by atoms with Gasteiger partial charge in [0.2, 0.25) is 0 Å². The average molecular weight is 671 g/mol. The Morgan fingerprint density at radius 1 is 0.562 bits per heavy atom. The van der Waals surface area contributed by atoms with Gasteiger partial charge in [0.1, 0.15) is 0 Å². The molecule has 0 fully saturated rings. The molecular formula is C44H52N2P2. The van der Waals surface area contributed by atoms with Crippen LogP contribution in [0, 0.1) is 0 Å². The third kappa shape index (κ3) is 7.94. The van der Waals surface area contributed by atoms with E-state index in [4.69, 9.17) is 4.74 Å². The zero-order valence-electron chi connectivity index (χ0n) is 29.9. The van der Waals surface area contributed by atoms with Crippen molar-refractivity contribution in [2.75, 3.05) is 5.32 Å². The fraction of sp³-hybridized carbons (Fsp3) is 0.273. The Labute approximate surface area is 291 Å². The second kappa shape index (κ2) is 16.1. The van der Waals surface area contributed by atoms with E-state index >= 15 is 0 Å². The number of para-hydroxylation sites is 1. The molecule has 4 heteroatoms. The van der Waals surface area contributed by atoms with Crippen molar-refractivity contribution in [2.45, 2.75) is 78.5 Å².